The summed E-state index contributed by atoms with van der Waals surface area (Å²) in [6, 6.07) is 1.87. The summed E-state index contributed by atoms with van der Waals surface area (Å²) in [6.07, 6.45) is 5.06. The normalized spacial score (nSPS) is 14.9. The number of hydrogen-bond acceptors (Lipinski definition) is 3. The Balaban J connectivity index is 2.65. The predicted octanol–water partition coefficient (Wildman–Crippen LogP) is 2.03. The number of aromatic nitrogens is 1. The molecule has 2 unspecified atom stereocenters. The minimum absolute atomic E-state index is 0.0279. The number of halogens is 1. The van der Waals surface area contributed by atoms with Crippen molar-refractivity contribution in [3.8, 4) is 0 Å². The van der Waals surface area contributed by atoms with Crippen LogP contribution in [-0.2, 0) is 11.2 Å². The first-order chi connectivity index (χ1) is 7.19. The lowest BCUT2D eigenvalue weighted by Crippen LogP contribution is -2.37. The predicted molar refractivity (Wildman–Crippen MR) is 62.0 cm³/mol. The maximum absolute atomic E-state index is 6.04. The zero-order valence-electron chi connectivity index (χ0n) is 9.11. The van der Waals surface area contributed by atoms with Gasteiger partial charge in [0.25, 0.3) is 0 Å². The summed E-state index contributed by atoms with van der Waals surface area (Å²) in [5, 5.41) is 0.666. The standard InChI is InChI=1S/C11H17ClN2O/c1-3-11(15-2)10(13)6-8-4-5-14-7-9(8)12/h4-5,7,10-11H,3,6,13H2,1-2H3. The van der Waals surface area contributed by atoms with Gasteiger partial charge in [-0.25, -0.2) is 0 Å². The summed E-state index contributed by atoms with van der Waals surface area (Å²) < 4.78 is 5.29. The molecule has 0 aliphatic carbocycles. The third-order valence-corrected chi connectivity index (χ3v) is 2.84. The van der Waals surface area contributed by atoms with E-state index >= 15 is 0 Å². The molecule has 4 heteroatoms. The molecule has 1 heterocycles. The van der Waals surface area contributed by atoms with E-state index in [1.165, 1.54) is 0 Å². The molecule has 0 saturated carbocycles. The van der Waals surface area contributed by atoms with Crippen LogP contribution in [0.2, 0.25) is 5.02 Å². The summed E-state index contributed by atoms with van der Waals surface area (Å²) in [4.78, 5) is 3.93. The van der Waals surface area contributed by atoms with Gasteiger partial charge in [0, 0.05) is 25.5 Å². The maximum atomic E-state index is 6.04. The van der Waals surface area contributed by atoms with Crippen LogP contribution in [-0.4, -0.2) is 24.2 Å². The van der Waals surface area contributed by atoms with Crippen LogP contribution in [0.1, 0.15) is 18.9 Å². The van der Waals surface area contributed by atoms with E-state index in [4.69, 9.17) is 22.1 Å². The third kappa shape index (κ3) is 3.45. The molecule has 0 aliphatic heterocycles. The summed E-state index contributed by atoms with van der Waals surface area (Å²) in [5.41, 5.74) is 7.06. The highest BCUT2D eigenvalue weighted by atomic mass is 35.5. The van der Waals surface area contributed by atoms with E-state index < -0.39 is 0 Å². The van der Waals surface area contributed by atoms with E-state index in [9.17, 15) is 0 Å². The fourth-order valence-electron chi connectivity index (χ4n) is 1.60. The van der Waals surface area contributed by atoms with Gasteiger partial charge in [0.2, 0.25) is 0 Å². The van der Waals surface area contributed by atoms with Gasteiger partial charge in [-0.05, 0) is 24.5 Å². The van der Waals surface area contributed by atoms with Gasteiger partial charge in [-0.3, -0.25) is 4.98 Å². The first-order valence-electron chi connectivity index (χ1n) is 5.05. The molecule has 1 rings (SSSR count). The van der Waals surface area contributed by atoms with Gasteiger partial charge < -0.3 is 10.5 Å². The minimum atomic E-state index is -0.0279. The summed E-state index contributed by atoms with van der Waals surface area (Å²) in [6.45, 7) is 2.06. The van der Waals surface area contributed by atoms with Gasteiger partial charge in [0.15, 0.2) is 0 Å². The molecule has 0 spiro atoms. The van der Waals surface area contributed by atoms with Gasteiger partial charge in [0.05, 0.1) is 11.1 Å². The molecule has 0 bridgehead atoms. The van der Waals surface area contributed by atoms with Crippen LogP contribution in [0, 0.1) is 0 Å². The van der Waals surface area contributed by atoms with Crippen molar-refractivity contribution in [2.24, 2.45) is 5.73 Å². The van der Waals surface area contributed by atoms with E-state index in [0.717, 1.165) is 12.0 Å². The molecular weight excluding hydrogens is 212 g/mol. The molecule has 0 radical (unpaired) electrons. The van der Waals surface area contributed by atoms with Gasteiger partial charge in [-0.1, -0.05) is 18.5 Å². The van der Waals surface area contributed by atoms with Gasteiger partial charge in [-0.2, -0.15) is 0 Å². The summed E-state index contributed by atoms with van der Waals surface area (Å²) in [5.74, 6) is 0. The largest absolute Gasteiger partial charge is 0.380 e. The van der Waals surface area contributed by atoms with Crippen LogP contribution in [0.15, 0.2) is 18.5 Å². The fourth-order valence-corrected chi connectivity index (χ4v) is 1.80. The molecule has 0 aliphatic rings. The number of nitrogens with zero attached hydrogens (tertiary/aromatic N) is 1. The minimum Gasteiger partial charge on any atom is -0.380 e. The Morgan fingerprint density at radius 3 is 2.87 bits per heavy atom. The summed E-state index contributed by atoms with van der Waals surface area (Å²) >= 11 is 6.00. The zero-order valence-corrected chi connectivity index (χ0v) is 9.87. The van der Waals surface area contributed by atoms with Crippen molar-refractivity contribution in [3.05, 3.63) is 29.0 Å². The Hall–Kier alpha value is -0.640. The molecule has 1 aromatic rings. The first-order valence-corrected chi connectivity index (χ1v) is 5.43. The summed E-state index contributed by atoms with van der Waals surface area (Å²) in [7, 11) is 1.68. The maximum Gasteiger partial charge on any atom is 0.0722 e. The van der Waals surface area contributed by atoms with Gasteiger partial charge in [-0.15, -0.1) is 0 Å². The second-order valence-corrected chi connectivity index (χ2v) is 3.92. The smallest absolute Gasteiger partial charge is 0.0722 e. The molecule has 0 saturated heterocycles. The van der Waals surface area contributed by atoms with Crippen molar-refractivity contribution in [2.75, 3.05) is 7.11 Å². The number of methoxy groups -OCH3 is 1. The van der Waals surface area contributed by atoms with Crippen molar-refractivity contribution in [1.29, 1.82) is 0 Å². The van der Waals surface area contributed by atoms with Crippen molar-refractivity contribution in [3.63, 3.8) is 0 Å². The Morgan fingerprint density at radius 2 is 2.33 bits per heavy atom. The SMILES string of the molecule is CCC(OC)C(N)Cc1ccncc1Cl. The molecule has 15 heavy (non-hydrogen) atoms. The zero-order chi connectivity index (χ0) is 11.3. The highest BCUT2D eigenvalue weighted by Gasteiger charge is 2.16. The molecule has 2 atom stereocenters. The van der Waals surface area contributed by atoms with E-state index in [-0.39, 0.29) is 12.1 Å². The number of hydrogen-bond donors (Lipinski definition) is 1. The molecule has 0 amide bonds. The van der Waals surface area contributed by atoms with Crippen molar-refractivity contribution in [1.82, 2.24) is 4.98 Å². The Labute approximate surface area is 95.6 Å². The average Bonchev–Trinajstić information content (AvgIpc) is 2.23. The lowest BCUT2D eigenvalue weighted by atomic mass is 10.0. The number of nitrogens with two attached hydrogens (primary N) is 1. The van der Waals surface area contributed by atoms with Crippen LogP contribution in [0.4, 0.5) is 0 Å². The molecule has 3 nitrogen and oxygen atoms in total. The third-order valence-electron chi connectivity index (χ3n) is 2.49. The average molecular weight is 229 g/mol. The van der Waals surface area contributed by atoms with E-state index in [1.807, 2.05) is 6.07 Å². The first kappa shape index (κ1) is 12.4. The monoisotopic (exact) mass is 228 g/mol. The topological polar surface area (TPSA) is 48.1 Å². The Morgan fingerprint density at radius 1 is 1.60 bits per heavy atom. The molecule has 1 aromatic heterocycles. The van der Waals surface area contributed by atoms with Crippen LogP contribution < -0.4 is 5.73 Å². The lowest BCUT2D eigenvalue weighted by Gasteiger charge is -2.21. The Kier molecular flexibility index (Phi) is 5.02. The van der Waals surface area contributed by atoms with Crippen LogP contribution in [0.5, 0.6) is 0 Å². The highest BCUT2D eigenvalue weighted by molar-refractivity contribution is 6.31. The number of pyridine rings is 1. The van der Waals surface area contributed by atoms with Gasteiger partial charge in [0.1, 0.15) is 0 Å². The molecule has 2 N–H and O–H groups in total. The number of ether oxygens (including phenoxy) is 1. The quantitative estimate of drug-likeness (QED) is 0.839. The van der Waals surface area contributed by atoms with Gasteiger partial charge >= 0.3 is 0 Å². The molecule has 0 aromatic carbocycles. The van der Waals surface area contributed by atoms with Crippen LogP contribution in [0.25, 0.3) is 0 Å². The fraction of sp³-hybridized carbons (Fsp3) is 0.545. The van der Waals surface area contributed by atoms with Crippen molar-refractivity contribution in [2.45, 2.75) is 31.9 Å². The second-order valence-electron chi connectivity index (χ2n) is 3.52. The van der Waals surface area contributed by atoms with Crippen molar-refractivity contribution >= 4 is 11.6 Å². The highest BCUT2D eigenvalue weighted by Crippen LogP contribution is 2.16. The van der Waals surface area contributed by atoms with E-state index in [0.29, 0.717) is 11.4 Å². The number of rotatable bonds is 5. The second kappa shape index (κ2) is 6.05. The van der Waals surface area contributed by atoms with Crippen LogP contribution in [0.3, 0.4) is 0 Å². The molecular formula is C11H17ClN2O. The van der Waals surface area contributed by atoms with Crippen LogP contribution >= 0.6 is 11.6 Å². The van der Waals surface area contributed by atoms with E-state index in [2.05, 4.69) is 11.9 Å². The Bertz CT molecular complexity index is 302. The van der Waals surface area contributed by atoms with E-state index in [1.54, 1.807) is 19.5 Å². The lowest BCUT2D eigenvalue weighted by molar-refractivity contribution is 0.0773. The van der Waals surface area contributed by atoms with Crippen molar-refractivity contribution < 1.29 is 4.74 Å². The molecule has 0 fully saturated rings. The molecule has 84 valence electrons.